The van der Waals surface area contributed by atoms with Gasteiger partial charge in [-0.25, -0.2) is 0 Å². The Hall–Kier alpha value is -2.30. The molecular formula is C17H23N3O2. The monoisotopic (exact) mass is 301 g/mol. The van der Waals surface area contributed by atoms with Gasteiger partial charge >= 0.3 is 0 Å². The van der Waals surface area contributed by atoms with Crippen molar-refractivity contribution in [2.24, 2.45) is 0 Å². The molecule has 22 heavy (non-hydrogen) atoms. The third-order valence-electron chi connectivity index (χ3n) is 3.47. The molecule has 0 atom stereocenters. The van der Waals surface area contributed by atoms with Crippen LogP contribution in [0.5, 0.6) is 11.5 Å². The summed E-state index contributed by atoms with van der Waals surface area (Å²) in [5.74, 6) is 2.31. The molecule has 1 aromatic carbocycles. The third kappa shape index (κ3) is 3.87. The summed E-state index contributed by atoms with van der Waals surface area (Å²) in [4.78, 5) is 0. The smallest absolute Gasteiger partial charge is 0.149 e. The number of methoxy groups -OCH3 is 2. The van der Waals surface area contributed by atoms with Crippen molar-refractivity contribution in [1.82, 2.24) is 10.2 Å². The number of aromatic nitrogens is 2. The standard InChI is InChI=1S/C17H23N3O2/c1-17(2,3)13-8-16(20-19-11-13)18-10-12-6-7-14(21-4)9-15(12)22-5/h6-9,11H,10H2,1-5H3,(H,18,20). The maximum Gasteiger partial charge on any atom is 0.149 e. The zero-order chi connectivity index (χ0) is 16.2. The van der Waals surface area contributed by atoms with E-state index in [1.807, 2.05) is 24.3 Å². The van der Waals surface area contributed by atoms with Crippen molar-refractivity contribution in [1.29, 1.82) is 0 Å². The van der Waals surface area contributed by atoms with Crippen molar-refractivity contribution >= 4 is 5.82 Å². The van der Waals surface area contributed by atoms with Crippen LogP contribution in [0.15, 0.2) is 30.5 Å². The van der Waals surface area contributed by atoms with Gasteiger partial charge < -0.3 is 14.8 Å². The maximum absolute atomic E-state index is 5.40. The molecule has 118 valence electrons. The summed E-state index contributed by atoms with van der Waals surface area (Å²) >= 11 is 0. The Kier molecular flexibility index (Phi) is 4.85. The van der Waals surface area contributed by atoms with E-state index in [1.165, 1.54) is 0 Å². The lowest BCUT2D eigenvalue weighted by molar-refractivity contribution is 0.391. The van der Waals surface area contributed by atoms with Crippen molar-refractivity contribution < 1.29 is 9.47 Å². The topological polar surface area (TPSA) is 56.3 Å². The fraction of sp³-hybridized carbons (Fsp3) is 0.412. The van der Waals surface area contributed by atoms with Gasteiger partial charge in [0.15, 0.2) is 0 Å². The predicted octanol–water partition coefficient (Wildman–Crippen LogP) is 3.40. The van der Waals surface area contributed by atoms with E-state index in [0.717, 1.165) is 28.4 Å². The first-order chi connectivity index (χ1) is 10.4. The van der Waals surface area contributed by atoms with Gasteiger partial charge in [-0.15, -0.1) is 5.10 Å². The summed E-state index contributed by atoms with van der Waals surface area (Å²) in [7, 11) is 3.29. The molecule has 0 fully saturated rings. The van der Waals surface area contributed by atoms with Gasteiger partial charge in [0.05, 0.1) is 20.4 Å². The second kappa shape index (κ2) is 6.64. The largest absolute Gasteiger partial charge is 0.497 e. The summed E-state index contributed by atoms with van der Waals surface area (Å²) in [5, 5.41) is 11.5. The normalized spacial score (nSPS) is 11.1. The summed E-state index contributed by atoms with van der Waals surface area (Å²) < 4.78 is 10.6. The minimum absolute atomic E-state index is 0.0458. The maximum atomic E-state index is 5.40. The van der Waals surface area contributed by atoms with E-state index in [2.05, 4.69) is 36.3 Å². The number of ether oxygens (including phenoxy) is 2. The number of hydrogen-bond donors (Lipinski definition) is 1. The zero-order valence-corrected chi connectivity index (χ0v) is 13.8. The first-order valence-electron chi connectivity index (χ1n) is 7.22. The molecule has 1 heterocycles. The second-order valence-corrected chi connectivity index (χ2v) is 6.11. The van der Waals surface area contributed by atoms with Gasteiger partial charge in [-0.2, -0.15) is 5.10 Å². The Bertz CT molecular complexity index is 636. The number of hydrogen-bond acceptors (Lipinski definition) is 5. The van der Waals surface area contributed by atoms with Crippen LogP contribution in [0, 0.1) is 0 Å². The van der Waals surface area contributed by atoms with E-state index in [1.54, 1.807) is 20.4 Å². The highest BCUT2D eigenvalue weighted by molar-refractivity contribution is 5.44. The fourth-order valence-electron chi connectivity index (χ4n) is 2.05. The van der Waals surface area contributed by atoms with Gasteiger partial charge in [0.25, 0.3) is 0 Å². The molecular weight excluding hydrogens is 278 g/mol. The number of rotatable bonds is 5. The Balaban J connectivity index is 2.13. The van der Waals surface area contributed by atoms with Crippen LogP contribution >= 0.6 is 0 Å². The fourth-order valence-corrected chi connectivity index (χ4v) is 2.05. The molecule has 0 saturated carbocycles. The highest BCUT2D eigenvalue weighted by Crippen LogP contribution is 2.26. The number of benzene rings is 1. The van der Waals surface area contributed by atoms with Crippen LogP contribution in [0.2, 0.25) is 0 Å². The first-order valence-corrected chi connectivity index (χ1v) is 7.22. The van der Waals surface area contributed by atoms with Crippen LogP contribution in [0.4, 0.5) is 5.82 Å². The van der Waals surface area contributed by atoms with Gasteiger partial charge in [0.1, 0.15) is 17.3 Å². The molecule has 0 saturated heterocycles. The number of nitrogens with zero attached hydrogens (tertiary/aromatic N) is 2. The van der Waals surface area contributed by atoms with Crippen LogP contribution in [0.3, 0.4) is 0 Å². The van der Waals surface area contributed by atoms with E-state index >= 15 is 0 Å². The summed E-state index contributed by atoms with van der Waals surface area (Å²) in [6.45, 7) is 7.07. The molecule has 0 bridgehead atoms. The van der Waals surface area contributed by atoms with Gasteiger partial charge in [0, 0.05) is 18.2 Å². The Morgan fingerprint density at radius 2 is 1.86 bits per heavy atom. The highest BCUT2D eigenvalue weighted by atomic mass is 16.5. The van der Waals surface area contributed by atoms with Crippen LogP contribution in [0.1, 0.15) is 31.9 Å². The molecule has 1 N–H and O–H groups in total. The van der Waals surface area contributed by atoms with E-state index in [4.69, 9.17) is 9.47 Å². The van der Waals surface area contributed by atoms with E-state index < -0.39 is 0 Å². The predicted molar refractivity (Wildman–Crippen MR) is 87.6 cm³/mol. The average Bonchev–Trinajstić information content (AvgIpc) is 2.52. The van der Waals surface area contributed by atoms with E-state index in [9.17, 15) is 0 Å². The van der Waals surface area contributed by atoms with Crippen LogP contribution in [-0.2, 0) is 12.0 Å². The molecule has 0 aliphatic rings. The van der Waals surface area contributed by atoms with Crippen molar-refractivity contribution in [3.63, 3.8) is 0 Å². The van der Waals surface area contributed by atoms with Crippen LogP contribution in [-0.4, -0.2) is 24.4 Å². The third-order valence-corrected chi connectivity index (χ3v) is 3.47. The van der Waals surface area contributed by atoms with Crippen LogP contribution in [0.25, 0.3) is 0 Å². The molecule has 1 aromatic heterocycles. The van der Waals surface area contributed by atoms with Crippen LogP contribution < -0.4 is 14.8 Å². The number of anilines is 1. The minimum atomic E-state index is 0.0458. The lowest BCUT2D eigenvalue weighted by atomic mass is 9.89. The summed E-state index contributed by atoms with van der Waals surface area (Å²) in [5.41, 5.74) is 2.22. The molecule has 0 aliphatic heterocycles. The SMILES string of the molecule is COc1ccc(CNc2cc(C(C)(C)C)cnn2)c(OC)c1. The molecule has 0 radical (unpaired) electrons. The van der Waals surface area contributed by atoms with E-state index in [0.29, 0.717) is 6.54 Å². The molecule has 5 nitrogen and oxygen atoms in total. The molecule has 0 amide bonds. The molecule has 5 heteroatoms. The minimum Gasteiger partial charge on any atom is -0.497 e. The van der Waals surface area contributed by atoms with Crippen molar-refractivity contribution in [3.05, 3.63) is 41.6 Å². The summed E-state index contributed by atoms with van der Waals surface area (Å²) in [6.07, 6.45) is 1.80. The van der Waals surface area contributed by atoms with Crippen molar-refractivity contribution in [2.45, 2.75) is 32.7 Å². The number of nitrogens with one attached hydrogen (secondary N) is 1. The average molecular weight is 301 g/mol. The van der Waals surface area contributed by atoms with E-state index in [-0.39, 0.29) is 5.41 Å². The molecule has 2 aromatic rings. The zero-order valence-electron chi connectivity index (χ0n) is 13.8. The van der Waals surface area contributed by atoms with Gasteiger partial charge in [-0.3, -0.25) is 0 Å². The van der Waals surface area contributed by atoms with Crippen molar-refractivity contribution in [2.75, 3.05) is 19.5 Å². The van der Waals surface area contributed by atoms with Gasteiger partial charge in [-0.1, -0.05) is 20.8 Å². The lowest BCUT2D eigenvalue weighted by Gasteiger charge is -2.19. The Morgan fingerprint density at radius 3 is 2.50 bits per heavy atom. The Morgan fingerprint density at radius 1 is 1.09 bits per heavy atom. The Labute approximate surface area is 131 Å². The lowest BCUT2D eigenvalue weighted by Crippen LogP contribution is -2.13. The second-order valence-electron chi connectivity index (χ2n) is 6.11. The summed E-state index contributed by atoms with van der Waals surface area (Å²) in [6, 6.07) is 7.79. The van der Waals surface area contributed by atoms with Gasteiger partial charge in [-0.05, 0) is 29.2 Å². The molecule has 0 aliphatic carbocycles. The van der Waals surface area contributed by atoms with Crippen molar-refractivity contribution in [3.8, 4) is 11.5 Å². The highest BCUT2D eigenvalue weighted by Gasteiger charge is 2.15. The molecule has 0 spiro atoms. The molecule has 0 unspecified atom stereocenters. The molecule has 2 rings (SSSR count). The quantitative estimate of drug-likeness (QED) is 0.917. The van der Waals surface area contributed by atoms with Gasteiger partial charge in [0.2, 0.25) is 0 Å². The first kappa shape index (κ1) is 16.1.